The van der Waals surface area contributed by atoms with Gasteiger partial charge in [0.05, 0.1) is 17.0 Å². The Balaban J connectivity index is 2.61. The molecule has 0 radical (unpaired) electrons. The second-order valence-corrected chi connectivity index (χ2v) is 6.38. The second-order valence-electron chi connectivity index (χ2n) is 6.00. The molecule has 0 N–H and O–H groups in total. The van der Waals surface area contributed by atoms with E-state index >= 15 is 0 Å². The SMILES string of the molecule is CCC[C@@H](C)Oc1ncc(C(C)(C)N=[N+]=[N-])c2cc(Cl)ncc12. The Labute approximate surface area is 140 Å². The van der Waals surface area contributed by atoms with Gasteiger partial charge in [0.2, 0.25) is 5.88 Å². The van der Waals surface area contributed by atoms with E-state index in [-0.39, 0.29) is 6.10 Å². The Morgan fingerprint density at radius 1 is 1.35 bits per heavy atom. The number of halogens is 1. The molecular formula is C16H20ClN5O. The number of pyridine rings is 2. The third kappa shape index (κ3) is 3.84. The summed E-state index contributed by atoms with van der Waals surface area (Å²) >= 11 is 6.05. The first-order chi connectivity index (χ1) is 10.9. The average Bonchev–Trinajstić information content (AvgIpc) is 2.47. The molecule has 23 heavy (non-hydrogen) atoms. The van der Waals surface area contributed by atoms with Crippen LogP contribution in [0, 0.1) is 0 Å². The van der Waals surface area contributed by atoms with E-state index in [1.54, 1.807) is 18.5 Å². The van der Waals surface area contributed by atoms with E-state index in [2.05, 4.69) is 26.9 Å². The van der Waals surface area contributed by atoms with Gasteiger partial charge in [-0.2, -0.15) is 0 Å². The lowest BCUT2D eigenvalue weighted by Gasteiger charge is -2.22. The van der Waals surface area contributed by atoms with Crippen LogP contribution in [0.25, 0.3) is 21.2 Å². The Morgan fingerprint density at radius 3 is 2.74 bits per heavy atom. The highest BCUT2D eigenvalue weighted by atomic mass is 35.5. The molecule has 2 aromatic heterocycles. The zero-order chi connectivity index (χ0) is 17.0. The highest BCUT2D eigenvalue weighted by Crippen LogP contribution is 2.35. The van der Waals surface area contributed by atoms with Crippen LogP contribution in [0.1, 0.15) is 46.1 Å². The summed E-state index contributed by atoms with van der Waals surface area (Å²) < 4.78 is 5.94. The second kappa shape index (κ2) is 7.02. The molecule has 122 valence electrons. The van der Waals surface area contributed by atoms with Gasteiger partial charge in [-0.1, -0.05) is 43.9 Å². The van der Waals surface area contributed by atoms with Crippen molar-refractivity contribution in [2.45, 2.75) is 52.2 Å². The van der Waals surface area contributed by atoms with Gasteiger partial charge < -0.3 is 4.74 Å². The van der Waals surface area contributed by atoms with Crippen LogP contribution >= 0.6 is 11.6 Å². The van der Waals surface area contributed by atoms with Crippen LogP contribution in [-0.4, -0.2) is 16.1 Å². The lowest BCUT2D eigenvalue weighted by molar-refractivity contribution is 0.204. The van der Waals surface area contributed by atoms with Crippen molar-refractivity contribution >= 4 is 22.4 Å². The fourth-order valence-electron chi connectivity index (χ4n) is 2.49. The maximum absolute atomic E-state index is 8.80. The van der Waals surface area contributed by atoms with Gasteiger partial charge in [-0.05, 0) is 35.9 Å². The molecule has 0 spiro atoms. The van der Waals surface area contributed by atoms with Crippen LogP contribution in [-0.2, 0) is 5.54 Å². The van der Waals surface area contributed by atoms with Crippen LogP contribution in [0.4, 0.5) is 0 Å². The number of azide groups is 1. The van der Waals surface area contributed by atoms with E-state index in [4.69, 9.17) is 21.9 Å². The molecule has 2 rings (SSSR count). The smallest absolute Gasteiger partial charge is 0.223 e. The topological polar surface area (TPSA) is 83.8 Å². The summed E-state index contributed by atoms with van der Waals surface area (Å²) in [4.78, 5) is 11.5. The molecule has 0 amide bonds. The molecule has 0 bridgehead atoms. The van der Waals surface area contributed by atoms with Gasteiger partial charge >= 0.3 is 0 Å². The van der Waals surface area contributed by atoms with Crippen molar-refractivity contribution < 1.29 is 4.74 Å². The molecule has 0 aliphatic heterocycles. The van der Waals surface area contributed by atoms with E-state index < -0.39 is 5.54 Å². The summed E-state index contributed by atoms with van der Waals surface area (Å²) in [5, 5.41) is 5.82. The molecule has 2 heterocycles. The van der Waals surface area contributed by atoms with Crippen LogP contribution in [0.3, 0.4) is 0 Å². The normalized spacial score (nSPS) is 12.7. The Kier molecular flexibility index (Phi) is 5.29. The third-order valence-corrected chi connectivity index (χ3v) is 3.87. The number of fused-ring (bicyclic) bond motifs is 1. The monoisotopic (exact) mass is 333 g/mol. The maximum atomic E-state index is 8.80. The minimum absolute atomic E-state index is 0.0577. The molecule has 1 atom stereocenters. The molecule has 0 aliphatic rings. The van der Waals surface area contributed by atoms with Crippen molar-refractivity contribution in [1.29, 1.82) is 0 Å². The Morgan fingerprint density at radius 2 is 2.09 bits per heavy atom. The Hall–Kier alpha value is -2.04. The van der Waals surface area contributed by atoms with Crippen LogP contribution in [0.5, 0.6) is 5.88 Å². The van der Waals surface area contributed by atoms with Crippen LogP contribution < -0.4 is 4.74 Å². The van der Waals surface area contributed by atoms with Gasteiger partial charge in [-0.15, -0.1) is 0 Å². The van der Waals surface area contributed by atoms with E-state index in [0.29, 0.717) is 11.0 Å². The fraction of sp³-hybridized carbons (Fsp3) is 0.500. The van der Waals surface area contributed by atoms with Crippen molar-refractivity contribution in [2.75, 3.05) is 0 Å². The van der Waals surface area contributed by atoms with Gasteiger partial charge in [-0.25, -0.2) is 9.97 Å². The minimum atomic E-state index is -0.752. The summed E-state index contributed by atoms with van der Waals surface area (Å²) in [5.74, 6) is 0.519. The minimum Gasteiger partial charge on any atom is -0.474 e. The van der Waals surface area contributed by atoms with Gasteiger partial charge in [0.1, 0.15) is 5.15 Å². The van der Waals surface area contributed by atoms with Crippen molar-refractivity contribution in [1.82, 2.24) is 9.97 Å². The largest absolute Gasteiger partial charge is 0.474 e. The van der Waals surface area contributed by atoms with E-state index in [1.807, 2.05) is 20.8 Å². The molecular weight excluding hydrogens is 314 g/mol. The van der Waals surface area contributed by atoms with Gasteiger partial charge in [-0.3, -0.25) is 0 Å². The first kappa shape index (κ1) is 17.3. The molecule has 2 aromatic rings. The highest BCUT2D eigenvalue weighted by molar-refractivity contribution is 6.30. The summed E-state index contributed by atoms with van der Waals surface area (Å²) in [7, 11) is 0. The number of hydrogen-bond donors (Lipinski definition) is 0. The van der Waals surface area contributed by atoms with Crippen LogP contribution in [0.2, 0.25) is 5.15 Å². The van der Waals surface area contributed by atoms with E-state index in [1.165, 1.54) is 0 Å². The molecule has 0 aliphatic carbocycles. The molecule has 0 saturated carbocycles. The van der Waals surface area contributed by atoms with Gasteiger partial charge in [0.15, 0.2) is 0 Å². The average molecular weight is 334 g/mol. The fourth-order valence-corrected chi connectivity index (χ4v) is 2.65. The highest BCUT2D eigenvalue weighted by Gasteiger charge is 2.24. The lowest BCUT2D eigenvalue weighted by atomic mass is 9.93. The quantitative estimate of drug-likeness (QED) is 0.307. The number of ether oxygens (including phenoxy) is 1. The summed E-state index contributed by atoms with van der Waals surface area (Å²) in [6, 6.07) is 1.75. The van der Waals surface area contributed by atoms with Crippen LogP contribution in [0.15, 0.2) is 23.6 Å². The Bertz CT molecular complexity index is 755. The predicted octanol–water partition coefficient (Wildman–Crippen LogP) is 5.40. The maximum Gasteiger partial charge on any atom is 0.223 e. The summed E-state index contributed by atoms with van der Waals surface area (Å²) in [6.07, 6.45) is 5.36. The molecule has 0 saturated heterocycles. The molecule has 0 aromatic carbocycles. The van der Waals surface area contributed by atoms with E-state index in [9.17, 15) is 0 Å². The molecule has 0 unspecified atom stereocenters. The number of hydrogen-bond acceptors (Lipinski definition) is 4. The predicted molar refractivity (Wildman–Crippen MR) is 91.7 cm³/mol. The summed E-state index contributed by atoms with van der Waals surface area (Å²) in [5.41, 5.74) is 8.83. The lowest BCUT2D eigenvalue weighted by Crippen LogP contribution is -2.16. The zero-order valence-electron chi connectivity index (χ0n) is 13.7. The first-order valence-electron chi connectivity index (χ1n) is 7.56. The standard InChI is InChI=1S/C16H20ClN5O/c1-5-6-10(2)23-15-12-8-19-14(17)7-11(12)13(9-20-15)16(3,4)21-22-18/h7-10H,5-6H2,1-4H3/t10-/m1/s1. The van der Waals surface area contributed by atoms with E-state index in [0.717, 1.165) is 29.2 Å². The van der Waals surface area contributed by atoms with Crippen molar-refractivity contribution in [3.63, 3.8) is 0 Å². The third-order valence-electron chi connectivity index (χ3n) is 3.66. The number of aromatic nitrogens is 2. The van der Waals surface area contributed by atoms with Crippen molar-refractivity contribution in [3.8, 4) is 5.88 Å². The van der Waals surface area contributed by atoms with Crippen molar-refractivity contribution in [3.05, 3.63) is 39.6 Å². The van der Waals surface area contributed by atoms with Gasteiger partial charge in [0, 0.05) is 17.3 Å². The number of rotatable bonds is 6. The van der Waals surface area contributed by atoms with Gasteiger partial charge in [0.25, 0.3) is 0 Å². The summed E-state index contributed by atoms with van der Waals surface area (Å²) in [6.45, 7) is 7.78. The molecule has 7 heteroatoms. The van der Waals surface area contributed by atoms with Crippen molar-refractivity contribution in [2.24, 2.45) is 5.11 Å². The molecule has 6 nitrogen and oxygen atoms in total. The zero-order valence-corrected chi connectivity index (χ0v) is 14.5. The first-order valence-corrected chi connectivity index (χ1v) is 7.94. The number of nitrogens with zero attached hydrogens (tertiary/aromatic N) is 5. The molecule has 0 fully saturated rings.